The van der Waals surface area contributed by atoms with E-state index in [2.05, 4.69) is 29.1 Å². The van der Waals surface area contributed by atoms with Gasteiger partial charge in [-0.3, -0.25) is 9.59 Å². The topological polar surface area (TPSA) is 76.9 Å². The van der Waals surface area contributed by atoms with Crippen LogP contribution in [0, 0.1) is 6.92 Å². The zero-order chi connectivity index (χ0) is 22.7. The summed E-state index contributed by atoms with van der Waals surface area (Å²) in [6.45, 7) is 6.20. The number of rotatable bonds is 6. The quantitative estimate of drug-likeness (QED) is 0.337. The molecule has 1 N–H and O–H groups in total. The second-order valence-corrected chi connectivity index (χ2v) is 8.80. The van der Waals surface area contributed by atoms with Crippen LogP contribution in [0.25, 0.3) is 16.7 Å². The Hall–Kier alpha value is -3.45. The molecule has 0 saturated heterocycles. The summed E-state index contributed by atoms with van der Waals surface area (Å²) in [6.07, 6.45) is 1.66. The van der Waals surface area contributed by atoms with E-state index >= 15 is 0 Å². The Labute approximate surface area is 190 Å². The Morgan fingerprint density at radius 1 is 1.09 bits per heavy atom. The average Bonchev–Trinajstić information content (AvgIpc) is 2.78. The molecule has 2 aromatic carbocycles. The number of hydrogen-bond donors (Lipinski definition) is 1. The summed E-state index contributed by atoms with van der Waals surface area (Å²) in [5, 5.41) is 3.84. The molecule has 0 fully saturated rings. The highest BCUT2D eigenvalue weighted by Crippen LogP contribution is 2.22. The lowest BCUT2D eigenvalue weighted by molar-refractivity contribution is -0.113. The maximum Gasteiger partial charge on any atom is 0.267 e. The summed E-state index contributed by atoms with van der Waals surface area (Å²) >= 11 is 1.21. The van der Waals surface area contributed by atoms with Gasteiger partial charge >= 0.3 is 0 Å². The zero-order valence-corrected chi connectivity index (χ0v) is 19.0. The summed E-state index contributed by atoms with van der Waals surface area (Å²) in [5.41, 5.74) is 3.32. The van der Waals surface area contributed by atoms with Gasteiger partial charge in [0.1, 0.15) is 5.82 Å². The van der Waals surface area contributed by atoms with Crippen LogP contribution < -0.4 is 10.9 Å². The van der Waals surface area contributed by atoms with Crippen molar-refractivity contribution in [3.05, 3.63) is 88.3 Å². The zero-order valence-electron chi connectivity index (χ0n) is 18.2. The van der Waals surface area contributed by atoms with Crippen molar-refractivity contribution < 1.29 is 4.79 Å². The molecule has 162 valence electrons. The van der Waals surface area contributed by atoms with Gasteiger partial charge in [0, 0.05) is 11.9 Å². The van der Waals surface area contributed by atoms with Gasteiger partial charge in [-0.15, -0.1) is 0 Å². The second kappa shape index (κ2) is 9.36. The molecule has 0 atom stereocenters. The maximum atomic E-state index is 13.3. The first-order valence-electron chi connectivity index (χ1n) is 10.4. The van der Waals surface area contributed by atoms with Gasteiger partial charge in [-0.05, 0) is 60.4 Å². The van der Waals surface area contributed by atoms with Crippen LogP contribution in [-0.2, 0) is 4.79 Å². The van der Waals surface area contributed by atoms with Crippen LogP contribution in [0.1, 0.15) is 30.9 Å². The van der Waals surface area contributed by atoms with Gasteiger partial charge in [-0.1, -0.05) is 49.9 Å². The molecule has 6 nitrogen and oxygen atoms in total. The van der Waals surface area contributed by atoms with E-state index in [1.165, 1.54) is 21.9 Å². The van der Waals surface area contributed by atoms with Gasteiger partial charge in [-0.25, -0.2) is 14.5 Å². The molecule has 0 radical (unpaired) electrons. The minimum absolute atomic E-state index is 0.114. The van der Waals surface area contributed by atoms with E-state index in [0.29, 0.717) is 27.8 Å². The molecule has 1 amide bonds. The fourth-order valence-electron chi connectivity index (χ4n) is 3.33. The minimum Gasteiger partial charge on any atom is -0.325 e. The van der Waals surface area contributed by atoms with E-state index < -0.39 is 0 Å². The largest absolute Gasteiger partial charge is 0.325 e. The number of carbonyl (C=O) groups excluding carboxylic acids is 1. The third kappa shape index (κ3) is 4.73. The van der Waals surface area contributed by atoms with Crippen molar-refractivity contribution in [1.29, 1.82) is 0 Å². The van der Waals surface area contributed by atoms with Gasteiger partial charge in [0.15, 0.2) is 5.16 Å². The normalized spacial score (nSPS) is 11.1. The fraction of sp³-hybridized carbons (Fsp3) is 0.200. The van der Waals surface area contributed by atoms with Gasteiger partial charge < -0.3 is 5.32 Å². The van der Waals surface area contributed by atoms with Crippen LogP contribution in [0.4, 0.5) is 5.69 Å². The first-order chi connectivity index (χ1) is 15.4. The van der Waals surface area contributed by atoms with Crippen LogP contribution in [0.2, 0.25) is 0 Å². The summed E-state index contributed by atoms with van der Waals surface area (Å²) in [4.78, 5) is 34.9. The summed E-state index contributed by atoms with van der Waals surface area (Å²) in [7, 11) is 0. The lowest BCUT2D eigenvalue weighted by Crippen LogP contribution is -2.23. The first-order valence-corrected chi connectivity index (χ1v) is 11.4. The number of hydrogen-bond acceptors (Lipinski definition) is 5. The third-order valence-electron chi connectivity index (χ3n) is 5.07. The smallest absolute Gasteiger partial charge is 0.267 e. The summed E-state index contributed by atoms with van der Waals surface area (Å²) < 4.78 is 1.48. The van der Waals surface area contributed by atoms with Crippen LogP contribution >= 0.6 is 11.8 Å². The van der Waals surface area contributed by atoms with Crippen molar-refractivity contribution in [3.8, 4) is 5.82 Å². The third-order valence-corrected chi connectivity index (χ3v) is 6.01. The van der Waals surface area contributed by atoms with Crippen molar-refractivity contribution >= 4 is 34.3 Å². The van der Waals surface area contributed by atoms with E-state index in [4.69, 9.17) is 0 Å². The van der Waals surface area contributed by atoms with E-state index in [1.54, 1.807) is 18.3 Å². The number of anilines is 1. The highest BCUT2D eigenvalue weighted by Gasteiger charge is 2.16. The van der Waals surface area contributed by atoms with Gasteiger partial charge in [0.25, 0.3) is 5.56 Å². The number of aromatic nitrogens is 3. The number of aryl methyl sites for hydroxylation is 1. The standard InChI is InChI=1S/C25H24N4O2S/c1-16(2)18-8-10-19(11-9-18)27-23(30)15-32-25-28-21-7-5-4-6-20(21)24(31)29(25)22-14-17(3)12-13-26-22/h4-14,16H,15H2,1-3H3,(H,27,30). The average molecular weight is 445 g/mol. The Bertz CT molecular complexity index is 1330. The molecular weight excluding hydrogens is 420 g/mol. The number of thioether (sulfide) groups is 1. The molecule has 4 rings (SSSR count). The molecule has 7 heteroatoms. The SMILES string of the molecule is Cc1ccnc(-n2c(SCC(=O)Nc3ccc(C(C)C)cc3)nc3ccccc3c2=O)c1. The highest BCUT2D eigenvalue weighted by atomic mass is 32.2. The number of para-hydroxylation sites is 1. The van der Waals surface area contributed by atoms with Crippen LogP contribution in [0.15, 0.2) is 76.8 Å². The summed E-state index contributed by atoms with van der Waals surface area (Å²) in [6, 6.07) is 18.7. The van der Waals surface area contributed by atoms with Crippen LogP contribution in [0.5, 0.6) is 0 Å². The van der Waals surface area contributed by atoms with E-state index in [9.17, 15) is 9.59 Å². The molecule has 0 unspecified atom stereocenters. The van der Waals surface area contributed by atoms with Crippen LogP contribution in [0.3, 0.4) is 0 Å². The van der Waals surface area contributed by atoms with Crippen molar-refractivity contribution in [3.63, 3.8) is 0 Å². The molecule has 0 aliphatic rings. The number of pyridine rings is 1. The molecule has 0 spiro atoms. The van der Waals surface area contributed by atoms with E-state index in [-0.39, 0.29) is 17.2 Å². The lowest BCUT2D eigenvalue weighted by Gasteiger charge is -2.13. The Morgan fingerprint density at radius 2 is 1.84 bits per heavy atom. The molecule has 32 heavy (non-hydrogen) atoms. The fourth-order valence-corrected chi connectivity index (χ4v) is 4.13. The maximum absolute atomic E-state index is 13.3. The number of nitrogens with zero attached hydrogens (tertiary/aromatic N) is 3. The molecule has 4 aromatic rings. The molecule has 2 aromatic heterocycles. The molecular formula is C25H24N4O2S. The predicted molar refractivity (Wildman–Crippen MR) is 130 cm³/mol. The Morgan fingerprint density at radius 3 is 2.56 bits per heavy atom. The van der Waals surface area contributed by atoms with Crippen molar-refractivity contribution in [1.82, 2.24) is 14.5 Å². The lowest BCUT2D eigenvalue weighted by atomic mass is 10.0. The van der Waals surface area contributed by atoms with Crippen molar-refractivity contribution in [2.75, 3.05) is 11.1 Å². The van der Waals surface area contributed by atoms with Crippen LogP contribution in [-0.4, -0.2) is 26.2 Å². The predicted octanol–water partition coefficient (Wildman–Crippen LogP) is 4.94. The molecule has 0 aliphatic carbocycles. The number of nitrogens with one attached hydrogen (secondary N) is 1. The molecule has 2 heterocycles. The second-order valence-electron chi connectivity index (χ2n) is 7.86. The highest BCUT2D eigenvalue weighted by molar-refractivity contribution is 7.99. The van der Waals surface area contributed by atoms with E-state index in [0.717, 1.165) is 11.3 Å². The monoisotopic (exact) mass is 444 g/mol. The minimum atomic E-state index is -0.208. The molecule has 0 bridgehead atoms. The van der Waals surface area contributed by atoms with E-state index in [1.807, 2.05) is 55.5 Å². The number of carbonyl (C=O) groups is 1. The summed E-state index contributed by atoms with van der Waals surface area (Å²) in [5.74, 6) is 0.864. The Kier molecular flexibility index (Phi) is 6.37. The van der Waals surface area contributed by atoms with Crippen molar-refractivity contribution in [2.24, 2.45) is 0 Å². The van der Waals surface area contributed by atoms with Gasteiger partial charge in [0.05, 0.1) is 16.7 Å². The number of amides is 1. The van der Waals surface area contributed by atoms with Gasteiger partial charge in [0.2, 0.25) is 5.91 Å². The Balaban J connectivity index is 1.61. The first kappa shape index (κ1) is 21.8. The number of benzene rings is 2. The molecule has 0 aliphatic heterocycles. The van der Waals surface area contributed by atoms with Gasteiger partial charge in [-0.2, -0.15) is 0 Å². The van der Waals surface area contributed by atoms with Crippen molar-refractivity contribution in [2.45, 2.75) is 31.8 Å². The number of fused-ring (bicyclic) bond motifs is 1. The molecule has 0 saturated carbocycles.